The van der Waals surface area contributed by atoms with Gasteiger partial charge in [-0.15, -0.1) is 0 Å². The molecular formula is C19H32N2O3. The maximum atomic E-state index is 12.3. The number of hydrogen-bond donors (Lipinski definition) is 2. The number of benzene rings is 1. The number of nitrogens with zero attached hydrogens (tertiary/aromatic N) is 1. The van der Waals surface area contributed by atoms with Gasteiger partial charge in [-0.1, -0.05) is 19.1 Å². The van der Waals surface area contributed by atoms with Crippen LogP contribution in [0.5, 0.6) is 5.75 Å². The van der Waals surface area contributed by atoms with Gasteiger partial charge in [0.05, 0.1) is 0 Å². The van der Waals surface area contributed by atoms with Gasteiger partial charge >= 0.3 is 6.09 Å². The maximum Gasteiger partial charge on any atom is 0.410 e. The first-order valence-corrected chi connectivity index (χ1v) is 8.66. The number of nitrogens with one attached hydrogen (secondary N) is 1. The molecule has 0 saturated carbocycles. The van der Waals surface area contributed by atoms with E-state index in [-0.39, 0.29) is 23.9 Å². The first kappa shape index (κ1) is 20.3. The number of hydrogen-bond acceptors (Lipinski definition) is 4. The molecule has 0 aromatic heterocycles. The van der Waals surface area contributed by atoms with Gasteiger partial charge in [0.2, 0.25) is 0 Å². The molecule has 5 nitrogen and oxygen atoms in total. The summed E-state index contributed by atoms with van der Waals surface area (Å²) >= 11 is 0. The van der Waals surface area contributed by atoms with Crippen molar-refractivity contribution in [3.05, 3.63) is 29.8 Å². The van der Waals surface area contributed by atoms with Crippen molar-refractivity contribution in [2.45, 2.75) is 65.6 Å². The third kappa shape index (κ3) is 6.79. The van der Waals surface area contributed by atoms with E-state index in [9.17, 15) is 9.90 Å². The molecule has 2 N–H and O–H groups in total. The highest BCUT2D eigenvalue weighted by Crippen LogP contribution is 2.19. The Balaban J connectivity index is 2.60. The minimum Gasteiger partial charge on any atom is -0.508 e. The predicted octanol–water partition coefficient (Wildman–Crippen LogP) is 4.08. The van der Waals surface area contributed by atoms with Gasteiger partial charge in [0.25, 0.3) is 0 Å². The highest BCUT2D eigenvalue weighted by molar-refractivity contribution is 5.68. The van der Waals surface area contributed by atoms with Gasteiger partial charge in [-0.2, -0.15) is 0 Å². The van der Waals surface area contributed by atoms with Crippen molar-refractivity contribution in [1.82, 2.24) is 10.2 Å². The van der Waals surface area contributed by atoms with Crippen LogP contribution in [0.4, 0.5) is 4.79 Å². The molecule has 1 atom stereocenters. The van der Waals surface area contributed by atoms with E-state index in [2.05, 4.69) is 12.2 Å². The molecule has 0 heterocycles. The number of carbonyl (C=O) groups is 1. The number of phenols is 1. The maximum absolute atomic E-state index is 12.3. The standard InChI is InChI=1S/C19H32N2O3/c1-7-17(15-8-10-16(22)11-9-15)20-12-13-21(14(2)3)18(23)24-19(4,5)6/h8-11,14,17,20,22H,7,12-13H2,1-6H3. The van der Waals surface area contributed by atoms with E-state index in [0.29, 0.717) is 13.1 Å². The highest BCUT2D eigenvalue weighted by atomic mass is 16.6. The lowest BCUT2D eigenvalue weighted by Crippen LogP contribution is -2.44. The summed E-state index contributed by atoms with van der Waals surface area (Å²) in [4.78, 5) is 14.0. The summed E-state index contributed by atoms with van der Waals surface area (Å²) < 4.78 is 5.47. The molecule has 1 aromatic carbocycles. The van der Waals surface area contributed by atoms with Gasteiger partial charge in [-0.05, 0) is 58.7 Å². The second-order valence-corrected chi connectivity index (χ2v) is 7.27. The molecule has 0 aliphatic rings. The molecule has 5 heteroatoms. The van der Waals surface area contributed by atoms with Crippen LogP contribution in [-0.4, -0.2) is 40.8 Å². The fraction of sp³-hybridized carbons (Fsp3) is 0.632. The average Bonchev–Trinajstić information content (AvgIpc) is 2.46. The minimum atomic E-state index is -0.490. The Morgan fingerprint density at radius 3 is 2.29 bits per heavy atom. The largest absolute Gasteiger partial charge is 0.508 e. The van der Waals surface area contributed by atoms with E-state index in [1.807, 2.05) is 46.8 Å². The molecule has 0 bridgehead atoms. The normalized spacial score (nSPS) is 13.0. The van der Waals surface area contributed by atoms with Crippen LogP contribution in [0, 0.1) is 0 Å². The molecule has 24 heavy (non-hydrogen) atoms. The topological polar surface area (TPSA) is 61.8 Å². The molecule has 0 spiro atoms. The van der Waals surface area contributed by atoms with E-state index in [1.54, 1.807) is 17.0 Å². The number of phenolic OH excluding ortho intramolecular Hbond substituents is 1. The van der Waals surface area contributed by atoms with Crippen LogP contribution in [0.25, 0.3) is 0 Å². The Kier molecular flexibility index (Phi) is 7.55. The van der Waals surface area contributed by atoms with Crippen molar-refractivity contribution < 1.29 is 14.6 Å². The van der Waals surface area contributed by atoms with Crippen molar-refractivity contribution in [3.8, 4) is 5.75 Å². The molecule has 1 amide bonds. The zero-order valence-electron chi connectivity index (χ0n) is 15.8. The van der Waals surface area contributed by atoms with Crippen molar-refractivity contribution >= 4 is 6.09 Å². The van der Waals surface area contributed by atoms with E-state index < -0.39 is 5.60 Å². The lowest BCUT2D eigenvalue weighted by Gasteiger charge is -2.30. The van der Waals surface area contributed by atoms with Crippen LogP contribution in [0.1, 0.15) is 59.6 Å². The zero-order valence-corrected chi connectivity index (χ0v) is 15.8. The molecule has 0 fully saturated rings. The second kappa shape index (κ2) is 8.92. The van der Waals surface area contributed by atoms with E-state index in [1.165, 1.54) is 0 Å². The average molecular weight is 336 g/mol. The second-order valence-electron chi connectivity index (χ2n) is 7.27. The summed E-state index contributed by atoms with van der Waals surface area (Å²) in [6.45, 7) is 13.0. The number of amides is 1. The Morgan fingerprint density at radius 1 is 1.25 bits per heavy atom. The van der Waals surface area contributed by atoms with Gasteiger partial charge < -0.3 is 20.1 Å². The van der Waals surface area contributed by atoms with Crippen LogP contribution in [0.3, 0.4) is 0 Å². The van der Waals surface area contributed by atoms with Crippen LogP contribution in [0.15, 0.2) is 24.3 Å². The first-order chi connectivity index (χ1) is 11.1. The molecular weight excluding hydrogens is 304 g/mol. The Morgan fingerprint density at radius 2 is 1.83 bits per heavy atom. The number of aromatic hydroxyl groups is 1. The van der Waals surface area contributed by atoms with Crippen molar-refractivity contribution in [1.29, 1.82) is 0 Å². The number of ether oxygens (including phenoxy) is 1. The fourth-order valence-corrected chi connectivity index (χ4v) is 2.44. The van der Waals surface area contributed by atoms with Gasteiger partial charge in [0.1, 0.15) is 11.4 Å². The third-order valence-corrected chi connectivity index (χ3v) is 3.70. The van der Waals surface area contributed by atoms with Gasteiger partial charge in [-0.3, -0.25) is 0 Å². The van der Waals surface area contributed by atoms with Gasteiger partial charge in [-0.25, -0.2) is 4.79 Å². The molecule has 1 aromatic rings. The van der Waals surface area contributed by atoms with Crippen molar-refractivity contribution in [2.75, 3.05) is 13.1 Å². The number of carbonyl (C=O) groups excluding carboxylic acids is 1. The highest BCUT2D eigenvalue weighted by Gasteiger charge is 2.24. The van der Waals surface area contributed by atoms with E-state index >= 15 is 0 Å². The molecule has 0 aliphatic heterocycles. The van der Waals surface area contributed by atoms with E-state index in [4.69, 9.17) is 4.74 Å². The van der Waals surface area contributed by atoms with Crippen LogP contribution in [0.2, 0.25) is 0 Å². The van der Waals surface area contributed by atoms with Gasteiger partial charge in [0, 0.05) is 25.2 Å². The number of rotatable bonds is 7. The van der Waals surface area contributed by atoms with Crippen LogP contribution < -0.4 is 5.32 Å². The minimum absolute atomic E-state index is 0.0791. The summed E-state index contributed by atoms with van der Waals surface area (Å²) in [5.41, 5.74) is 0.638. The van der Waals surface area contributed by atoms with Crippen LogP contribution >= 0.6 is 0 Å². The van der Waals surface area contributed by atoms with Crippen LogP contribution in [-0.2, 0) is 4.74 Å². The smallest absolute Gasteiger partial charge is 0.410 e. The summed E-state index contributed by atoms with van der Waals surface area (Å²) in [6, 6.07) is 7.50. The monoisotopic (exact) mass is 336 g/mol. The third-order valence-electron chi connectivity index (χ3n) is 3.70. The first-order valence-electron chi connectivity index (χ1n) is 8.66. The summed E-state index contributed by atoms with van der Waals surface area (Å²) in [5.74, 6) is 0.268. The molecule has 0 saturated heterocycles. The van der Waals surface area contributed by atoms with Crippen molar-refractivity contribution in [3.63, 3.8) is 0 Å². The Hall–Kier alpha value is -1.75. The van der Waals surface area contributed by atoms with Crippen molar-refractivity contribution in [2.24, 2.45) is 0 Å². The lowest BCUT2D eigenvalue weighted by atomic mass is 10.0. The fourth-order valence-electron chi connectivity index (χ4n) is 2.44. The lowest BCUT2D eigenvalue weighted by molar-refractivity contribution is 0.0192. The SMILES string of the molecule is CCC(NCCN(C(=O)OC(C)(C)C)C(C)C)c1ccc(O)cc1. The zero-order chi connectivity index (χ0) is 18.3. The molecule has 136 valence electrons. The molecule has 1 rings (SSSR count). The molecule has 1 unspecified atom stereocenters. The summed E-state index contributed by atoms with van der Waals surface area (Å²) in [6.07, 6.45) is 0.649. The Bertz CT molecular complexity index is 506. The molecule has 0 aliphatic carbocycles. The molecule has 0 radical (unpaired) electrons. The summed E-state index contributed by atoms with van der Waals surface area (Å²) in [7, 11) is 0. The van der Waals surface area contributed by atoms with Gasteiger partial charge in [0.15, 0.2) is 0 Å². The predicted molar refractivity (Wildman–Crippen MR) is 97.2 cm³/mol. The Labute approximate surface area is 146 Å². The van der Waals surface area contributed by atoms with E-state index in [0.717, 1.165) is 12.0 Å². The quantitative estimate of drug-likeness (QED) is 0.787. The summed E-state index contributed by atoms with van der Waals surface area (Å²) in [5, 5.41) is 12.9.